The van der Waals surface area contributed by atoms with Crippen LogP contribution in [0.4, 0.5) is 0 Å². The van der Waals surface area contributed by atoms with Gasteiger partial charge in [0.1, 0.15) is 5.58 Å². The Morgan fingerprint density at radius 2 is 1.90 bits per heavy atom. The fourth-order valence-corrected chi connectivity index (χ4v) is 3.21. The van der Waals surface area contributed by atoms with Crippen LogP contribution in [-0.4, -0.2) is 51.0 Å². The van der Waals surface area contributed by atoms with Gasteiger partial charge in [0.2, 0.25) is 0 Å². The van der Waals surface area contributed by atoms with Gasteiger partial charge in [0.05, 0.1) is 24.5 Å². The molecule has 5 heteroatoms. The van der Waals surface area contributed by atoms with Crippen LogP contribution < -0.4 is 5.73 Å². The second-order valence-electron chi connectivity index (χ2n) is 5.44. The molecule has 3 unspecified atom stereocenters. The molecule has 3 rings (SSSR count). The Balaban J connectivity index is 1.89. The number of benzene rings is 1. The van der Waals surface area contributed by atoms with E-state index >= 15 is 0 Å². The van der Waals surface area contributed by atoms with Crippen LogP contribution in [-0.2, 0) is 9.47 Å². The third-order valence-corrected chi connectivity index (χ3v) is 4.38. The summed E-state index contributed by atoms with van der Waals surface area (Å²) in [4.78, 5) is 2.32. The Morgan fingerprint density at radius 1 is 1.24 bits per heavy atom. The van der Waals surface area contributed by atoms with E-state index in [4.69, 9.17) is 19.6 Å². The van der Waals surface area contributed by atoms with E-state index in [1.165, 1.54) is 0 Å². The van der Waals surface area contributed by atoms with E-state index in [2.05, 4.69) is 11.0 Å². The van der Waals surface area contributed by atoms with Crippen molar-refractivity contribution in [2.75, 3.05) is 33.9 Å². The topological polar surface area (TPSA) is 60.9 Å². The number of furan rings is 1. The Kier molecular flexibility index (Phi) is 4.26. The zero-order chi connectivity index (χ0) is 14.8. The average molecular weight is 290 g/mol. The molecule has 0 bridgehead atoms. The van der Waals surface area contributed by atoms with Gasteiger partial charge in [-0.2, -0.15) is 0 Å². The minimum atomic E-state index is 0.0854. The van der Waals surface area contributed by atoms with Gasteiger partial charge >= 0.3 is 0 Å². The zero-order valence-electron chi connectivity index (χ0n) is 12.5. The van der Waals surface area contributed by atoms with Crippen molar-refractivity contribution in [1.29, 1.82) is 0 Å². The number of fused-ring (bicyclic) bond motifs is 1. The van der Waals surface area contributed by atoms with E-state index in [-0.39, 0.29) is 18.2 Å². The lowest BCUT2D eigenvalue weighted by molar-refractivity contribution is -0.00461. The van der Waals surface area contributed by atoms with Gasteiger partial charge in [-0.15, -0.1) is 0 Å². The third kappa shape index (κ3) is 2.58. The maximum atomic E-state index is 6.04. The number of ether oxygens (including phenoxy) is 2. The number of para-hydroxylation sites is 1. The van der Waals surface area contributed by atoms with Crippen molar-refractivity contribution in [1.82, 2.24) is 4.90 Å². The summed E-state index contributed by atoms with van der Waals surface area (Å²) in [6, 6.07) is 8.17. The molecule has 1 aliphatic rings. The molecule has 2 aromatic rings. The van der Waals surface area contributed by atoms with E-state index in [9.17, 15) is 0 Å². The van der Waals surface area contributed by atoms with Gasteiger partial charge in [-0.25, -0.2) is 0 Å². The van der Waals surface area contributed by atoms with Gasteiger partial charge in [0, 0.05) is 44.8 Å². The predicted molar refractivity (Wildman–Crippen MR) is 81.2 cm³/mol. The molecule has 5 nitrogen and oxygen atoms in total. The monoisotopic (exact) mass is 290 g/mol. The standard InChI is InChI=1S/C16H22N2O3/c1-19-15-8-18(9-16(15)20-2)13(7-17)12-10-21-14-6-4-3-5-11(12)14/h3-6,10,13,15-16H,7-9,17H2,1-2H3. The molecule has 2 heterocycles. The van der Waals surface area contributed by atoms with Gasteiger partial charge in [0.25, 0.3) is 0 Å². The van der Waals surface area contributed by atoms with Crippen molar-refractivity contribution in [2.24, 2.45) is 5.73 Å². The molecule has 1 saturated heterocycles. The number of hydrogen-bond donors (Lipinski definition) is 1. The van der Waals surface area contributed by atoms with Crippen LogP contribution in [0.5, 0.6) is 0 Å². The van der Waals surface area contributed by atoms with Crippen molar-refractivity contribution in [2.45, 2.75) is 18.2 Å². The molecule has 0 amide bonds. The number of nitrogens with two attached hydrogens (primary N) is 1. The minimum absolute atomic E-state index is 0.0854. The smallest absolute Gasteiger partial charge is 0.134 e. The van der Waals surface area contributed by atoms with Crippen LogP contribution in [0.2, 0.25) is 0 Å². The maximum absolute atomic E-state index is 6.04. The fourth-order valence-electron chi connectivity index (χ4n) is 3.21. The molecule has 1 aliphatic heterocycles. The Bertz CT molecular complexity index is 586. The molecule has 2 N–H and O–H groups in total. The molecule has 0 radical (unpaired) electrons. The number of hydrogen-bond acceptors (Lipinski definition) is 5. The fraction of sp³-hybridized carbons (Fsp3) is 0.500. The third-order valence-electron chi connectivity index (χ3n) is 4.38. The highest BCUT2D eigenvalue weighted by atomic mass is 16.5. The van der Waals surface area contributed by atoms with Gasteiger partial charge in [-0.05, 0) is 6.07 Å². The molecule has 1 aromatic carbocycles. The van der Waals surface area contributed by atoms with Gasteiger partial charge in [-0.3, -0.25) is 4.90 Å². The van der Waals surface area contributed by atoms with Crippen LogP contribution in [0.1, 0.15) is 11.6 Å². The van der Waals surface area contributed by atoms with Gasteiger partial charge in [0.15, 0.2) is 0 Å². The average Bonchev–Trinajstić information content (AvgIpc) is 3.13. The van der Waals surface area contributed by atoms with E-state index in [0.29, 0.717) is 6.54 Å². The molecule has 0 spiro atoms. The number of nitrogens with zero attached hydrogens (tertiary/aromatic N) is 1. The summed E-state index contributed by atoms with van der Waals surface area (Å²) < 4.78 is 16.7. The quantitative estimate of drug-likeness (QED) is 0.909. The number of likely N-dealkylation sites (tertiary alicyclic amines) is 1. The summed E-state index contributed by atoms with van der Waals surface area (Å²) >= 11 is 0. The van der Waals surface area contributed by atoms with Crippen LogP contribution >= 0.6 is 0 Å². The molecule has 0 saturated carbocycles. The molecule has 114 valence electrons. The second kappa shape index (κ2) is 6.15. The molecule has 1 aromatic heterocycles. The Morgan fingerprint density at radius 3 is 2.52 bits per heavy atom. The lowest BCUT2D eigenvalue weighted by Gasteiger charge is -2.25. The number of rotatable bonds is 5. The zero-order valence-corrected chi connectivity index (χ0v) is 12.5. The first-order chi connectivity index (χ1) is 10.3. The molecule has 0 aliphatic carbocycles. The highest BCUT2D eigenvalue weighted by Gasteiger charge is 2.37. The lowest BCUT2D eigenvalue weighted by atomic mass is 10.0. The summed E-state index contributed by atoms with van der Waals surface area (Å²) in [5, 5.41) is 1.13. The highest BCUT2D eigenvalue weighted by Crippen LogP contribution is 2.32. The maximum Gasteiger partial charge on any atom is 0.134 e. The van der Waals surface area contributed by atoms with Crippen LogP contribution in [0.25, 0.3) is 11.0 Å². The van der Waals surface area contributed by atoms with E-state index in [1.807, 2.05) is 24.5 Å². The SMILES string of the molecule is COC1CN(C(CN)c2coc3ccccc23)CC1OC. The van der Waals surface area contributed by atoms with Gasteiger partial charge in [-0.1, -0.05) is 18.2 Å². The van der Waals surface area contributed by atoms with Crippen LogP contribution in [0, 0.1) is 0 Å². The minimum Gasteiger partial charge on any atom is -0.464 e. The number of methoxy groups -OCH3 is 2. The normalized spacial score (nSPS) is 24.7. The molecular weight excluding hydrogens is 268 g/mol. The van der Waals surface area contributed by atoms with Crippen molar-refractivity contribution in [3.8, 4) is 0 Å². The first kappa shape index (κ1) is 14.5. The first-order valence-electron chi connectivity index (χ1n) is 7.24. The summed E-state index contributed by atoms with van der Waals surface area (Å²) in [5.41, 5.74) is 8.08. The van der Waals surface area contributed by atoms with Crippen molar-refractivity contribution >= 4 is 11.0 Å². The Labute approximate surface area is 124 Å². The van der Waals surface area contributed by atoms with Gasteiger partial charge < -0.3 is 19.6 Å². The van der Waals surface area contributed by atoms with Crippen molar-refractivity contribution in [3.05, 3.63) is 36.1 Å². The van der Waals surface area contributed by atoms with Crippen LogP contribution in [0.15, 0.2) is 34.9 Å². The second-order valence-corrected chi connectivity index (χ2v) is 5.44. The largest absolute Gasteiger partial charge is 0.464 e. The molecule has 21 heavy (non-hydrogen) atoms. The van der Waals surface area contributed by atoms with Crippen LogP contribution in [0.3, 0.4) is 0 Å². The summed E-state index contributed by atoms with van der Waals surface area (Å²) in [7, 11) is 3.45. The summed E-state index contributed by atoms with van der Waals surface area (Å²) in [5.74, 6) is 0. The first-order valence-corrected chi connectivity index (χ1v) is 7.24. The van der Waals surface area contributed by atoms with E-state index < -0.39 is 0 Å². The summed E-state index contributed by atoms with van der Waals surface area (Å²) in [6.07, 6.45) is 1.99. The molecule has 3 atom stereocenters. The summed E-state index contributed by atoms with van der Waals surface area (Å²) in [6.45, 7) is 2.17. The van der Waals surface area contributed by atoms with E-state index in [1.54, 1.807) is 14.2 Å². The molecular formula is C16H22N2O3. The molecule has 1 fully saturated rings. The Hall–Kier alpha value is -1.40. The lowest BCUT2D eigenvalue weighted by Crippen LogP contribution is -2.33. The van der Waals surface area contributed by atoms with Crippen molar-refractivity contribution in [3.63, 3.8) is 0 Å². The van der Waals surface area contributed by atoms with Crippen molar-refractivity contribution < 1.29 is 13.9 Å². The predicted octanol–water partition coefficient (Wildman–Crippen LogP) is 1.78. The highest BCUT2D eigenvalue weighted by molar-refractivity contribution is 5.81. The van der Waals surface area contributed by atoms with E-state index in [0.717, 1.165) is 29.6 Å².